The van der Waals surface area contributed by atoms with Gasteiger partial charge in [-0.2, -0.15) is 0 Å². The highest BCUT2D eigenvalue weighted by Crippen LogP contribution is 2.45. The Morgan fingerprint density at radius 1 is 1.42 bits per heavy atom. The summed E-state index contributed by atoms with van der Waals surface area (Å²) in [4.78, 5) is 10.6. The van der Waals surface area contributed by atoms with Gasteiger partial charge in [-0.1, -0.05) is 12.2 Å². The summed E-state index contributed by atoms with van der Waals surface area (Å²) in [5.41, 5.74) is 5.11. The van der Waals surface area contributed by atoms with E-state index in [1.54, 1.807) is 0 Å². The van der Waals surface area contributed by atoms with Crippen LogP contribution in [0.15, 0.2) is 12.2 Å². The molecule has 1 amide bonds. The van der Waals surface area contributed by atoms with E-state index in [0.29, 0.717) is 6.42 Å². The number of rotatable bonds is 3. The van der Waals surface area contributed by atoms with Crippen LogP contribution in [0.2, 0.25) is 0 Å². The number of carbonyl (C=O) groups excluding carboxylic acids is 1. The Hall–Kier alpha value is -0.790. The third kappa shape index (κ3) is 1.38. The Balaban J connectivity index is 1.83. The lowest BCUT2D eigenvalue weighted by molar-refractivity contribution is -0.118. The van der Waals surface area contributed by atoms with Crippen molar-refractivity contribution < 1.29 is 4.79 Å². The van der Waals surface area contributed by atoms with Gasteiger partial charge in [0.2, 0.25) is 5.91 Å². The highest BCUT2D eigenvalue weighted by atomic mass is 16.1. The Labute approximate surface area is 72.8 Å². The molecule has 2 rings (SSSR count). The molecule has 2 aliphatic rings. The fourth-order valence-electron chi connectivity index (χ4n) is 2.55. The number of primary amides is 1. The van der Waals surface area contributed by atoms with E-state index in [1.807, 2.05) is 0 Å². The van der Waals surface area contributed by atoms with Crippen LogP contribution in [0.4, 0.5) is 0 Å². The summed E-state index contributed by atoms with van der Waals surface area (Å²) in [5, 5.41) is 0. The molecule has 2 bridgehead atoms. The molecule has 3 atom stereocenters. The third-order valence-electron chi connectivity index (χ3n) is 3.18. The zero-order chi connectivity index (χ0) is 8.55. The van der Waals surface area contributed by atoms with Crippen molar-refractivity contribution in [2.45, 2.75) is 25.7 Å². The number of hydrogen-bond acceptors (Lipinski definition) is 1. The molecule has 0 spiro atoms. The van der Waals surface area contributed by atoms with E-state index in [4.69, 9.17) is 5.73 Å². The van der Waals surface area contributed by atoms with Crippen molar-refractivity contribution in [2.75, 3.05) is 0 Å². The van der Waals surface area contributed by atoms with Crippen LogP contribution < -0.4 is 5.73 Å². The van der Waals surface area contributed by atoms with E-state index in [9.17, 15) is 4.79 Å². The molecule has 66 valence electrons. The number of fused-ring (bicyclic) bond motifs is 2. The molecule has 2 aliphatic carbocycles. The number of allylic oxidation sites excluding steroid dienone is 2. The highest BCUT2D eigenvalue weighted by Gasteiger charge is 2.35. The van der Waals surface area contributed by atoms with Crippen LogP contribution in [0.1, 0.15) is 25.7 Å². The standard InChI is InChI=1S/C10H15NO/c11-10(12)4-3-9-6-7-1-2-8(9)5-7/h1-2,7-9H,3-6H2,(H2,11,12). The normalized spacial score (nSPS) is 37.5. The monoisotopic (exact) mass is 165 g/mol. The Morgan fingerprint density at radius 2 is 2.25 bits per heavy atom. The largest absolute Gasteiger partial charge is 0.370 e. The predicted octanol–water partition coefficient (Wildman–Crippen LogP) is 1.46. The van der Waals surface area contributed by atoms with Crippen LogP contribution in [-0.4, -0.2) is 5.91 Å². The summed E-state index contributed by atoms with van der Waals surface area (Å²) in [6.45, 7) is 0. The quantitative estimate of drug-likeness (QED) is 0.632. The molecule has 1 saturated carbocycles. The minimum absolute atomic E-state index is 0.151. The van der Waals surface area contributed by atoms with E-state index in [1.165, 1.54) is 12.8 Å². The second-order valence-electron chi connectivity index (χ2n) is 4.05. The van der Waals surface area contributed by atoms with Crippen molar-refractivity contribution in [1.29, 1.82) is 0 Å². The molecule has 2 nitrogen and oxygen atoms in total. The molecule has 1 fully saturated rings. The zero-order valence-electron chi connectivity index (χ0n) is 7.20. The highest BCUT2D eigenvalue weighted by molar-refractivity contribution is 5.73. The van der Waals surface area contributed by atoms with Gasteiger partial charge in [-0.3, -0.25) is 4.79 Å². The molecule has 0 saturated heterocycles. The van der Waals surface area contributed by atoms with E-state index >= 15 is 0 Å². The molecular weight excluding hydrogens is 150 g/mol. The van der Waals surface area contributed by atoms with E-state index in [-0.39, 0.29) is 5.91 Å². The SMILES string of the molecule is NC(=O)CCC1CC2C=CC1C2. The van der Waals surface area contributed by atoms with Gasteiger partial charge in [0.25, 0.3) is 0 Å². The first-order chi connectivity index (χ1) is 5.75. The van der Waals surface area contributed by atoms with Crippen LogP contribution in [0, 0.1) is 17.8 Å². The molecule has 2 heteroatoms. The van der Waals surface area contributed by atoms with E-state index in [2.05, 4.69) is 12.2 Å². The van der Waals surface area contributed by atoms with Gasteiger partial charge in [-0.05, 0) is 37.0 Å². The number of carbonyl (C=O) groups is 1. The van der Waals surface area contributed by atoms with Gasteiger partial charge in [0.05, 0.1) is 0 Å². The lowest BCUT2D eigenvalue weighted by Gasteiger charge is -2.16. The number of hydrogen-bond donors (Lipinski definition) is 1. The predicted molar refractivity (Wildman–Crippen MR) is 47.3 cm³/mol. The lowest BCUT2D eigenvalue weighted by Crippen LogP contribution is -2.14. The Kier molecular flexibility index (Phi) is 1.91. The first-order valence-electron chi connectivity index (χ1n) is 4.72. The number of amides is 1. The van der Waals surface area contributed by atoms with Gasteiger partial charge in [0.1, 0.15) is 0 Å². The van der Waals surface area contributed by atoms with Crippen LogP contribution in [0.5, 0.6) is 0 Å². The van der Waals surface area contributed by atoms with E-state index < -0.39 is 0 Å². The van der Waals surface area contributed by atoms with E-state index in [0.717, 1.165) is 24.2 Å². The van der Waals surface area contributed by atoms with Crippen LogP contribution >= 0.6 is 0 Å². The maximum atomic E-state index is 10.6. The minimum Gasteiger partial charge on any atom is -0.370 e. The van der Waals surface area contributed by atoms with Gasteiger partial charge in [-0.25, -0.2) is 0 Å². The molecule has 0 aliphatic heterocycles. The smallest absolute Gasteiger partial charge is 0.217 e. The molecule has 0 radical (unpaired) electrons. The summed E-state index contributed by atoms with van der Waals surface area (Å²) in [5.74, 6) is 2.16. The van der Waals surface area contributed by atoms with Gasteiger partial charge in [-0.15, -0.1) is 0 Å². The maximum Gasteiger partial charge on any atom is 0.217 e. The van der Waals surface area contributed by atoms with Gasteiger partial charge >= 0.3 is 0 Å². The van der Waals surface area contributed by atoms with Gasteiger partial charge in [0.15, 0.2) is 0 Å². The van der Waals surface area contributed by atoms with Gasteiger partial charge in [0, 0.05) is 6.42 Å². The fourth-order valence-corrected chi connectivity index (χ4v) is 2.55. The summed E-state index contributed by atoms with van der Waals surface area (Å²) in [7, 11) is 0. The van der Waals surface area contributed by atoms with Gasteiger partial charge < -0.3 is 5.73 Å². The fraction of sp³-hybridized carbons (Fsp3) is 0.700. The van der Waals surface area contributed by atoms with Crippen molar-refractivity contribution in [3.63, 3.8) is 0 Å². The molecule has 12 heavy (non-hydrogen) atoms. The van der Waals surface area contributed by atoms with Crippen LogP contribution in [0.25, 0.3) is 0 Å². The summed E-state index contributed by atoms with van der Waals surface area (Å²) in [6.07, 6.45) is 8.83. The summed E-state index contributed by atoms with van der Waals surface area (Å²) in [6, 6.07) is 0. The minimum atomic E-state index is -0.151. The van der Waals surface area contributed by atoms with Crippen molar-refractivity contribution in [1.82, 2.24) is 0 Å². The van der Waals surface area contributed by atoms with Crippen molar-refractivity contribution in [2.24, 2.45) is 23.5 Å². The summed E-state index contributed by atoms with van der Waals surface area (Å²) < 4.78 is 0. The zero-order valence-corrected chi connectivity index (χ0v) is 7.20. The summed E-state index contributed by atoms with van der Waals surface area (Å²) >= 11 is 0. The average molecular weight is 165 g/mol. The van der Waals surface area contributed by atoms with Crippen molar-refractivity contribution in [3.8, 4) is 0 Å². The molecule has 0 heterocycles. The number of nitrogens with two attached hydrogens (primary N) is 1. The second kappa shape index (κ2) is 2.92. The van der Waals surface area contributed by atoms with Crippen molar-refractivity contribution in [3.05, 3.63) is 12.2 Å². The molecular formula is C10H15NO. The third-order valence-corrected chi connectivity index (χ3v) is 3.18. The Morgan fingerprint density at radius 3 is 2.75 bits per heavy atom. The molecule has 2 N–H and O–H groups in total. The maximum absolute atomic E-state index is 10.6. The van der Waals surface area contributed by atoms with Crippen LogP contribution in [0.3, 0.4) is 0 Å². The first kappa shape index (κ1) is 7.84. The van der Waals surface area contributed by atoms with Crippen LogP contribution in [-0.2, 0) is 4.79 Å². The topological polar surface area (TPSA) is 43.1 Å². The molecule has 3 unspecified atom stereocenters. The van der Waals surface area contributed by atoms with Crippen molar-refractivity contribution >= 4 is 5.91 Å². The first-order valence-corrected chi connectivity index (χ1v) is 4.72. The Bertz CT molecular complexity index is 222. The average Bonchev–Trinajstić information content (AvgIpc) is 2.60. The molecule has 0 aromatic carbocycles. The molecule has 0 aromatic rings. The molecule has 0 aromatic heterocycles. The second-order valence-corrected chi connectivity index (χ2v) is 4.05. The lowest BCUT2D eigenvalue weighted by atomic mass is 9.89.